The molecule has 3 heteroatoms. The summed E-state index contributed by atoms with van der Waals surface area (Å²) in [7, 11) is 0. The summed E-state index contributed by atoms with van der Waals surface area (Å²) in [6, 6.07) is 0. The lowest BCUT2D eigenvalue weighted by Crippen LogP contribution is -1.76. The molecule has 0 N–H and O–H groups in total. The van der Waals surface area contributed by atoms with E-state index in [2.05, 4.69) is 10.2 Å². The zero-order chi connectivity index (χ0) is 4.95. The van der Waals surface area contributed by atoms with Crippen LogP contribution in [0.25, 0.3) is 0 Å². The standard InChI is InChI=1S/C4H6N2S/c1-3-7-4-2-6-5-1/h1,3H,2,4H2. The van der Waals surface area contributed by atoms with Gasteiger partial charge in [-0.1, -0.05) is 0 Å². The van der Waals surface area contributed by atoms with E-state index >= 15 is 0 Å². The summed E-state index contributed by atoms with van der Waals surface area (Å²) in [5.74, 6) is 1.07. The average Bonchev–Trinajstić information content (AvgIpc) is 1.90. The SMILES string of the molecule is C1=CSCCN=N1. The first-order valence-electron chi connectivity index (χ1n) is 2.13. The molecule has 0 amide bonds. The highest BCUT2D eigenvalue weighted by Gasteiger charge is 1.83. The van der Waals surface area contributed by atoms with Gasteiger partial charge in [-0.2, -0.15) is 10.2 Å². The zero-order valence-electron chi connectivity index (χ0n) is 3.87. The number of thioether (sulfide) groups is 1. The average molecular weight is 114 g/mol. The molecule has 0 radical (unpaired) electrons. The molecule has 1 aliphatic heterocycles. The molecule has 0 aromatic heterocycles. The molecule has 38 valence electrons. The Balaban J connectivity index is 2.39. The maximum atomic E-state index is 3.79. The summed E-state index contributed by atoms with van der Waals surface area (Å²) in [6.07, 6.45) is 1.72. The second kappa shape index (κ2) is 2.80. The summed E-state index contributed by atoms with van der Waals surface area (Å²) in [5.41, 5.74) is 0. The first kappa shape index (κ1) is 4.84. The quantitative estimate of drug-likeness (QED) is 0.470. The summed E-state index contributed by atoms with van der Waals surface area (Å²) in [5, 5.41) is 9.44. The molecule has 0 fully saturated rings. The van der Waals surface area contributed by atoms with E-state index < -0.39 is 0 Å². The van der Waals surface area contributed by atoms with E-state index in [1.807, 2.05) is 5.41 Å². The number of hydrogen-bond acceptors (Lipinski definition) is 3. The molecule has 0 aromatic carbocycles. The third-order valence-corrected chi connectivity index (χ3v) is 1.35. The van der Waals surface area contributed by atoms with Gasteiger partial charge >= 0.3 is 0 Å². The molecule has 0 bridgehead atoms. The Hall–Kier alpha value is -0.310. The summed E-state index contributed by atoms with van der Waals surface area (Å²) in [4.78, 5) is 0. The Bertz CT molecular complexity index is 85.9. The van der Waals surface area contributed by atoms with Crippen molar-refractivity contribution >= 4 is 11.8 Å². The van der Waals surface area contributed by atoms with Gasteiger partial charge in [-0.05, 0) is 5.41 Å². The Morgan fingerprint density at radius 2 is 2.57 bits per heavy atom. The van der Waals surface area contributed by atoms with E-state index in [4.69, 9.17) is 0 Å². The molecule has 1 rings (SSSR count). The summed E-state index contributed by atoms with van der Waals surface area (Å²) in [6.45, 7) is 0.859. The zero-order valence-corrected chi connectivity index (χ0v) is 4.69. The van der Waals surface area contributed by atoms with Crippen LogP contribution in [0.4, 0.5) is 0 Å². The van der Waals surface area contributed by atoms with Crippen molar-refractivity contribution < 1.29 is 0 Å². The maximum Gasteiger partial charge on any atom is 0.0696 e. The van der Waals surface area contributed by atoms with Gasteiger partial charge in [0.1, 0.15) is 0 Å². The van der Waals surface area contributed by atoms with Crippen LogP contribution in [0.3, 0.4) is 0 Å². The molecule has 0 atom stereocenters. The molecule has 0 aliphatic carbocycles. The molecule has 0 aromatic rings. The van der Waals surface area contributed by atoms with Crippen LogP contribution in [-0.4, -0.2) is 12.3 Å². The number of hydrogen-bond donors (Lipinski definition) is 0. The lowest BCUT2D eigenvalue weighted by Gasteiger charge is -1.80. The minimum Gasteiger partial charge on any atom is -0.188 e. The number of rotatable bonds is 0. The van der Waals surface area contributed by atoms with Crippen LogP contribution in [0.1, 0.15) is 0 Å². The van der Waals surface area contributed by atoms with Gasteiger partial charge in [-0.15, -0.1) is 11.8 Å². The van der Waals surface area contributed by atoms with E-state index in [0.717, 1.165) is 12.3 Å². The third kappa shape index (κ3) is 1.73. The molecule has 0 saturated carbocycles. The van der Waals surface area contributed by atoms with Crippen LogP contribution in [0.2, 0.25) is 0 Å². The van der Waals surface area contributed by atoms with Gasteiger partial charge < -0.3 is 0 Å². The van der Waals surface area contributed by atoms with Crippen LogP contribution in [-0.2, 0) is 0 Å². The van der Waals surface area contributed by atoms with Gasteiger partial charge in [0.05, 0.1) is 12.7 Å². The molecule has 0 unspecified atom stereocenters. The van der Waals surface area contributed by atoms with E-state index in [9.17, 15) is 0 Å². The van der Waals surface area contributed by atoms with Crippen molar-refractivity contribution in [2.24, 2.45) is 10.2 Å². The summed E-state index contributed by atoms with van der Waals surface area (Å²) >= 11 is 1.75. The second-order valence-corrected chi connectivity index (χ2v) is 2.15. The normalized spacial score (nSPS) is 19.4. The van der Waals surface area contributed by atoms with Crippen molar-refractivity contribution in [3.63, 3.8) is 0 Å². The molecule has 7 heavy (non-hydrogen) atoms. The highest BCUT2D eigenvalue weighted by molar-refractivity contribution is 8.02. The van der Waals surface area contributed by atoms with Crippen LogP contribution in [0, 0.1) is 0 Å². The minimum absolute atomic E-state index is 0.859. The number of azo groups is 1. The van der Waals surface area contributed by atoms with Crippen molar-refractivity contribution in [3.05, 3.63) is 11.6 Å². The van der Waals surface area contributed by atoms with Gasteiger partial charge in [0.25, 0.3) is 0 Å². The minimum atomic E-state index is 0.859. The topological polar surface area (TPSA) is 24.7 Å². The predicted octanol–water partition coefficient (Wildman–Crippen LogP) is 1.66. The van der Waals surface area contributed by atoms with E-state index in [1.54, 1.807) is 18.0 Å². The van der Waals surface area contributed by atoms with E-state index in [1.165, 1.54) is 0 Å². The van der Waals surface area contributed by atoms with Gasteiger partial charge in [-0.25, -0.2) is 0 Å². The predicted molar refractivity (Wildman–Crippen MR) is 31.3 cm³/mol. The highest BCUT2D eigenvalue weighted by Crippen LogP contribution is 2.04. The number of nitrogens with zero attached hydrogens (tertiary/aromatic N) is 2. The van der Waals surface area contributed by atoms with Crippen molar-refractivity contribution in [1.82, 2.24) is 0 Å². The highest BCUT2D eigenvalue weighted by atomic mass is 32.2. The maximum absolute atomic E-state index is 3.79. The fourth-order valence-electron chi connectivity index (χ4n) is 0.337. The first-order valence-corrected chi connectivity index (χ1v) is 3.18. The van der Waals surface area contributed by atoms with Gasteiger partial charge in [0.15, 0.2) is 0 Å². The Morgan fingerprint density at radius 3 is 3.57 bits per heavy atom. The van der Waals surface area contributed by atoms with E-state index in [0.29, 0.717) is 0 Å². The fourth-order valence-corrected chi connectivity index (χ4v) is 0.800. The van der Waals surface area contributed by atoms with Crippen LogP contribution in [0.5, 0.6) is 0 Å². The Labute approximate surface area is 46.7 Å². The van der Waals surface area contributed by atoms with Crippen molar-refractivity contribution in [2.45, 2.75) is 0 Å². The second-order valence-electron chi connectivity index (χ2n) is 1.14. The molecule has 1 aliphatic rings. The van der Waals surface area contributed by atoms with Crippen LogP contribution >= 0.6 is 11.8 Å². The van der Waals surface area contributed by atoms with Crippen LogP contribution < -0.4 is 0 Å². The smallest absolute Gasteiger partial charge is 0.0696 e. The Kier molecular flexibility index (Phi) is 1.93. The van der Waals surface area contributed by atoms with Gasteiger partial charge in [0, 0.05) is 5.75 Å². The van der Waals surface area contributed by atoms with Crippen molar-refractivity contribution in [2.75, 3.05) is 12.3 Å². The van der Waals surface area contributed by atoms with Gasteiger partial charge in [0.2, 0.25) is 0 Å². The molecular weight excluding hydrogens is 108 g/mol. The molecule has 0 spiro atoms. The van der Waals surface area contributed by atoms with E-state index in [-0.39, 0.29) is 0 Å². The fraction of sp³-hybridized carbons (Fsp3) is 0.500. The third-order valence-electron chi connectivity index (χ3n) is 0.615. The summed E-state index contributed by atoms with van der Waals surface area (Å²) < 4.78 is 0. The molecule has 1 heterocycles. The van der Waals surface area contributed by atoms with Crippen molar-refractivity contribution in [3.8, 4) is 0 Å². The largest absolute Gasteiger partial charge is 0.188 e. The van der Waals surface area contributed by atoms with Crippen LogP contribution in [0.15, 0.2) is 21.8 Å². The lowest BCUT2D eigenvalue weighted by atomic mass is 10.8. The van der Waals surface area contributed by atoms with Crippen molar-refractivity contribution in [1.29, 1.82) is 0 Å². The molecular formula is C4H6N2S. The lowest BCUT2D eigenvalue weighted by molar-refractivity contribution is 1.02. The van der Waals surface area contributed by atoms with Gasteiger partial charge in [-0.3, -0.25) is 0 Å². The molecule has 2 nitrogen and oxygen atoms in total. The first-order chi connectivity index (χ1) is 3.50. The monoisotopic (exact) mass is 114 g/mol. The Morgan fingerprint density at radius 1 is 1.57 bits per heavy atom. The molecule has 0 saturated heterocycles.